The van der Waals surface area contributed by atoms with Crippen molar-refractivity contribution in [2.24, 2.45) is 0 Å². The van der Waals surface area contributed by atoms with Crippen LogP contribution in [0.5, 0.6) is 0 Å². The zero-order chi connectivity index (χ0) is 11.6. The SMILES string of the molecule is CC(C)(C)OC(=O)N1CC(O)C([NH+]=[N-])C1. The Morgan fingerprint density at radius 1 is 1.53 bits per heavy atom. The number of likely N-dealkylation sites (tertiary alicyclic amines) is 1. The number of hydrogen-bond donors (Lipinski definition) is 2. The second-order valence-corrected chi connectivity index (χ2v) is 4.69. The Morgan fingerprint density at radius 3 is 2.53 bits per heavy atom. The summed E-state index contributed by atoms with van der Waals surface area (Å²) < 4.78 is 5.13. The number of carbonyl (C=O) groups excluding carboxylic acids is 1. The molecule has 1 aliphatic heterocycles. The quantitative estimate of drug-likeness (QED) is 0.554. The van der Waals surface area contributed by atoms with Crippen LogP contribution in [0.25, 0.3) is 5.53 Å². The molecule has 1 saturated heterocycles. The average molecular weight is 215 g/mol. The van der Waals surface area contributed by atoms with Gasteiger partial charge in [-0.1, -0.05) is 0 Å². The zero-order valence-corrected chi connectivity index (χ0v) is 9.23. The van der Waals surface area contributed by atoms with Crippen LogP contribution in [0.1, 0.15) is 20.8 Å². The molecular weight excluding hydrogens is 198 g/mol. The summed E-state index contributed by atoms with van der Waals surface area (Å²) in [5.74, 6) is 0. The van der Waals surface area contributed by atoms with Crippen LogP contribution in [0.4, 0.5) is 4.79 Å². The second kappa shape index (κ2) is 4.14. The summed E-state index contributed by atoms with van der Waals surface area (Å²) in [7, 11) is 0. The second-order valence-electron chi connectivity index (χ2n) is 4.69. The molecule has 1 fully saturated rings. The first-order chi connectivity index (χ1) is 6.83. The summed E-state index contributed by atoms with van der Waals surface area (Å²) in [6, 6.07) is -0.502. The molecule has 15 heavy (non-hydrogen) atoms. The fourth-order valence-corrected chi connectivity index (χ4v) is 1.39. The summed E-state index contributed by atoms with van der Waals surface area (Å²) in [6.45, 7) is 5.75. The Hall–Kier alpha value is -1.17. The molecule has 86 valence electrons. The van der Waals surface area contributed by atoms with Crippen molar-refractivity contribution in [1.29, 1.82) is 0 Å². The molecule has 0 aromatic heterocycles. The maximum absolute atomic E-state index is 11.6. The van der Waals surface area contributed by atoms with Crippen molar-refractivity contribution in [3.05, 3.63) is 5.53 Å². The van der Waals surface area contributed by atoms with E-state index in [1.54, 1.807) is 20.8 Å². The van der Waals surface area contributed by atoms with Crippen LogP contribution in [0.15, 0.2) is 0 Å². The molecule has 0 saturated carbocycles. The highest BCUT2D eigenvalue weighted by molar-refractivity contribution is 5.68. The topological polar surface area (TPSA) is 86.0 Å². The lowest BCUT2D eigenvalue weighted by molar-refractivity contribution is -0.530. The van der Waals surface area contributed by atoms with E-state index in [4.69, 9.17) is 10.3 Å². The molecular formula is C9H17N3O3. The van der Waals surface area contributed by atoms with Gasteiger partial charge in [-0.2, -0.15) is 0 Å². The van der Waals surface area contributed by atoms with Gasteiger partial charge < -0.3 is 20.5 Å². The third-order valence-corrected chi connectivity index (χ3v) is 2.11. The highest BCUT2D eigenvalue weighted by atomic mass is 16.6. The van der Waals surface area contributed by atoms with Gasteiger partial charge in [0.2, 0.25) is 0 Å². The van der Waals surface area contributed by atoms with Crippen LogP contribution in [0.3, 0.4) is 0 Å². The summed E-state index contributed by atoms with van der Waals surface area (Å²) in [4.78, 5) is 12.9. The zero-order valence-electron chi connectivity index (χ0n) is 9.23. The van der Waals surface area contributed by atoms with Crippen molar-refractivity contribution in [3.8, 4) is 0 Å². The van der Waals surface area contributed by atoms with Crippen molar-refractivity contribution < 1.29 is 19.8 Å². The van der Waals surface area contributed by atoms with Crippen LogP contribution in [-0.2, 0) is 4.74 Å². The minimum Gasteiger partial charge on any atom is -0.508 e. The summed E-state index contributed by atoms with van der Waals surface area (Å²) in [5.41, 5.74) is 8.13. The summed E-state index contributed by atoms with van der Waals surface area (Å²) >= 11 is 0. The van der Waals surface area contributed by atoms with Gasteiger partial charge in [-0.25, -0.2) is 4.79 Å². The van der Waals surface area contributed by atoms with E-state index in [1.807, 2.05) is 5.11 Å². The van der Waals surface area contributed by atoms with Crippen molar-refractivity contribution >= 4 is 6.09 Å². The molecule has 6 nitrogen and oxygen atoms in total. The molecule has 2 atom stereocenters. The number of rotatable bonds is 1. The summed E-state index contributed by atoms with van der Waals surface area (Å²) in [5, 5.41) is 11.4. The lowest BCUT2D eigenvalue weighted by Crippen LogP contribution is -2.75. The monoisotopic (exact) mass is 215 g/mol. The minimum atomic E-state index is -0.762. The van der Waals surface area contributed by atoms with E-state index in [9.17, 15) is 9.90 Å². The fraction of sp³-hybridized carbons (Fsp3) is 0.889. The Balaban J connectivity index is 2.53. The normalized spacial score (nSPS) is 26.5. The molecule has 1 amide bonds. The van der Waals surface area contributed by atoms with Crippen molar-refractivity contribution in [2.45, 2.75) is 38.5 Å². The molecule has 0 aromatic carbocycles. The van der Waals surface area contributed by atoms with Crippen LogP contribution in [0, 0.1) is 0 Å². The molecule has 0 bridgehead atoms. The minimum absolute atomic E-state index is 0.174. The predicted molar refractivity (Wildman–Crippen MR) is 51.9 cm³/mol. The number of nitrogens with one attached hydrogen (secondary N) is 1. The Kier molecular flexibility index (Phi) is 3.28. The standard InChI is InChI=1S/C9H17N3O3/c1-9(2,3)15-8(14)12-4-6(11-10)7(13)5-12/h6-7,11,13H,4-5H2,1-3H3. The lowest BCUT2D eigenvalue weighted by atomic mass is 10.2. The first kappa shape index (κ1) is 11.9. The maximum Gasteiger partial charge on any atom is 0.410 e. The van der Waals surface area contributed by atoms with Gasteiger partial charge in [-0.3, -0.25) is 4.90 Å². The molecule has 1 aliphatic rings. The van der Waals surface area contributed by atoms with Gasteiger partial charge >= 0.3 is 6.09 Å². The number of carbonyl (C=O) groups is 1. The third kappa shape index (κ3) is 3.16. The number of β-amino-alcohol motifs (C(OH)–C–C–N with tert-alkyl or cyclic N) is 1. The number of nitrogens with zero attached hydrogens (tertiary/aromatic N) is 2. The van der Waals surface area contributed by atoms with Crippen LogP contribution in [0.2, 0.25) is 0 Å². The van der Waals surface area contributed by atoms with E-state index < -0.39 is 23.8 Å². The number of ether oxygens (including phenoxy) is 1. The van der Waals surface area contributed by atoms with Gasteiger partial charge in [0.15, 0.2) is 6.04 Å². The summed E-state index contributed by atoms with van der Waals surface area (Å²) in [6.07, 6.45) is -1.23. The molecule has 0 aliphatic carbocycles. The maximum atomic E-state index is 11.6. The molecule has 0 spiro atoms. The van der Waals surface area contributed by atoms with E-state index in [0.717, 1.165) is 0 Å². The Labute approximate surface area is 88.7 Å². The first-order valence-corrected chi connectivity index (χ1v) is 4.89. The Bertz CT molecular complexity index is 262. The molecule has 1 heterocycles. The number of aliphatic hydroxyl groups excluding tert-OH is 1. The van der Waals surface area contributed by atoms with Gasteiger partial charge in [0.25, 0.3) is 0 Å². The largest absolute Gasteiger partial charge is 0.508 e. The predicted octanol–water partition coefficient (Wildman–Crippen LogP) is -0.931. The van der Waals surface area contributed by atoms with Crippen molar-refractivity contribution in [3.63, 3.8) is 0 Å². The molecule has 1 rings (SSSR count). The molecule has 2 unspecified atom stereocenters. The number of amides is 1. The average Bonchev–Trinajstić information content (AvgIpc) is 2.43. The van der Waals surface area contributed by atoms with Gasteiger partial charge in [0.1, 0.15) is 11.7 Å². The van der Waals surface area contributed by atoms with E-state index in [0.29, 0.717) is 0 Å². The van der Waals surface area contributed by atoms with Crippen LogP contribution in [-0.4, -0.2) is 46.9 Å². The van der Waals surface area contributed by atoms with Crippen LogP contribution < -0.4 is 5.11 Å². The van der Waals surface area contributed by atoms with Crippen molar-refractivity contribution in [1.82, 2.24) is 4.90 Å². The molecule has 0 aromatic rings. The van der Waals surface area contributed by atoms with Gasteiger partial charge in [-0.05, 0) is 20.8 Å². The van der Waals surface area contributed by atoms with E-state index in [-0.39, 0.29) is 13.1 Å². The van der Waals surface area contributed by atoms with Crippen molar-refractivity contribution in [2.75, 3.05) is 13.1 Å². The Morgan fingerprint density at radius 2 is 2.13 bits per heavy atom. The van der Waals surface area contributed by atoms with E-state index in [1.165, 1.54) is 4.90 Å². The smallest absolute Gasteiger partial charge is 0.410 e. The first-order valence-electron chi connectivity index (χ1n) is 4.89. The molecule has 2 N–H and O–H groups in total. The highest BCUT2D eigenvalue weighted by Crippen LogP contribution is 2.14. The third-order valence-electron chi connectivity index (χ3n) is 2.11. The van der Waals surface area contributed by atoms with E-state index in [2.05, 4.69) is 0 Å². The fourth-order valence-electron chi connectivity index (χ4n) is 1.39. The molecule has 6 heteroatoms. The van der Waals surface area contributed by atoms with Crippen LogP contribution >= 0.6 is 0 Å². The lowest BCUT2D eigenvalue weighted by Gasteiger charge is -2.23. The molecule has 0 radical (unpaired) electrons. The van der Waals surface area contributed by atoms with Gasteiger partial charge in [0.05, 0.1) is 13.1 Å². The number of hydrogen-bond acceptors (Lipinski definition) is 3. The van der Waals surface area contributed by atoms with Gasteiger partial charge in [0, 0.05) is 0 Å². The highest BCUT2D eigenvalue weighted by Gasteiger charge is 2.37. The number of aliphatic hydroxyl groups is 1. The van der Waals surface area contributed by atoms with E-state index >= 15 is 0 Å². The van der Waals surface area contributed by atoms with Gasteiger partial charge in [-0.15, -0.1) is 0 Å².